The van der Waals surface area contributed by atoms with Crippen molar-refractivity contribution in [3.63, 3.8) is 0 Å². The molecule has 25 heavy (non-hydrogen) atoms. The van der Waals surface area contributed by atoms with Crippen LogP contribution in [0.4, 0.5) is 5.13 Å². The highest BCUT2D eigenvalue weighted by molar-refractivity contribution is 8.01. The molecule has 0 bridgehead atoms. The Morgan fingerprint density at radius 3 is 2.96 bits per heavy atom. The summed E-state index contributed by atoms with van der Waals surface area (Å²) in [6.45, 7) is 4.57. The summed E-state index contributed by atoms with van der Waals surface area (Å²) in [6, 6.07) is 9.53. The predicted octanol–water partition coefficient (Wildman–Crippen LogP) is 3.82. The van der Waals surface area contributed by atoms with E-state index in [-0.39, 0.29) is 16.6 Å². The summed E-state index contributed by atoms with van der Waals surface area (Å²) < 4.78 is 0.719. The minimum Gasteiger partial charge on any atom is -0.510 e. The summed E-state index contributed by atoms with van der Waals surface area (Å²) in [4.78, 5) is 7.45. The predicted molar refractivity (Wildman–Crippen MR) is 101 cm³/mol. The minimum atomic E-state index is -0.356. The van der Waals surface area contributed by atoms with Crippen LogP contribution in [0.2, 0.25) is 0 Å². The highest BCUT2D eigenvalue weighted by Crippen LogP contribution is 2.33. The number of nitrogens with one attached hydrogen (secondary N) is 2. The van der Waals surface area contributed by atoms with Gasteiger partial charge in [0.1, 0.15) is 17.4 Å². The summed E-state index contributed by atoms with van der Waals surface area (Å²) in [5, 5.41) is 31.6. The number of nitrogens with zero attached hydrogens (tertiary/aromatic N) is 4. The van der Waals surface area contributed by atoms with E-state index in [1.807, 2.05) is 44.2 Å². The van der Waals surface area contributed by atoms with Crippen LogP contribution in [-0.4, -0.2) is 37.1 Å². The number of aliphatic hydroxyl groups excluding tert-OH is 1. The van der Waals surface area contributed by atoms with Crippen molar-refractivity contribution in [1.82, 2.24) is 20.2 Å². The molecule has 1 atom stereocenters. The number of nitriles is 1. The molecule has 9 heteroatoms. The first-order chi connectivity index (χ1) is 12.1. The summed E-state index contributed by atoms with van der Waals surface area (Å²) in [6.07, 6.45) is 0. The first kappa shape index (κ1) is 17.3. The largest absolute Gasteiger partial charge is 0.510 e. The van der Waals surface area contributed by atoms with Gasteiger partial charge in [-0.15, -0.1) is 10.2 Å². The molecule has 3 N–H and O–H groups in total. The number of aliphatic hydroxyl groups is 1. The average molecular weight is 372 g/mol. The minimum absolute atomic E-state index is 0.0354. The zero-order chi connectivity index (χ0) is 17.8. The number of anilines is 1. The Hall–Kier alpha value is -2.57. The van der Waals surface area contributed by atoms with Gasteiger partial charge in [-0.3, -0.25) is 0 Å². The number of fused-ring (bicyclic) bond motifs is 1. The van der Waals surface area contributed by atoms with Crippen LogP contribution in [0.3, 0.4) is 0 Å². The fraction of sp³-hybridized carbons (Fsp3) is 0.250. The lowest BCUT2D eigenvalue weighted by atomic mass is 10.2. The van der Waals surface area contributed by atoms with Crippen LogP contribution in [0.1, 0.15) is 19.7 Å². The Labute approximate surface area is 152 Å². The second kappa shape index (κ2) is 7.55. The van der Waals surface area contributed by atoms with Gasteiger partial charge in [0, 0.05) is 6.54 Å². The van der Waals surface area contributed by atoms with Gasteiger partial charge in [0.25, 0.3) is 0 Å². The molecule has 0 spiro atoms. The molecule has 0 unspecified atom stereocenters. The number of hydrogen-bond donors (Lipinski definition) is 3. The lowest BCUT2D eigenvalue weighted by molar-refractivity contribution is 0.402. The topological polar surface area (TPSA) is 111 Å². The standard InChI is InChI=1S/C16H16N6OS2/c1-3-18-15-21-22-16(25-15)24-9(2)13(23)10(8-17)14-19-11-6-4-5-7-12(11)20-14/h4-7,9,23H,3H2,1-2H3,(H,18,21)(H,19,20)/t9-/m1/s1. The Morgan fingerprint density at radius 2 is 2.24 bits per heavy atom. The van der Waals surface area contributed by atoms with Crippen molar-refractivity contribution in [1.29, 1.82) is 5.26 Å². The molecule has 0 radical (unpaired) electrons. The van der Waals surface area contributed by atoms with Gasteiger partial charge in [-0.25, -0.2) is 4.98 Å². The molecule has 0 aliphatic carbocycles. The molecule has 2 heterocycles. The summed E-state index contributed by atoms with van der Waals surface area (Å²) in [5.41, 5.74) is 1.70. The second-order valence-electron chi connectivity index (χ2n) is 5.14. The molecule has 1 aromatic carbocycles. The SMILES string of the molecule is CCNc1nnc(S[C@H](C)C(O)=C(C#N)c2nc3ccccc3[nH]2)s1. The average Bonchev–Trinajstić information content (AvgIpc) is 3.22. The lowest BCUT2D eigenvalue weighted by Gasteiger charge is -2.09. The van der Waals surface area contributed by atoms with Crippen molar-refractivity contribution in [3.05, 3.63) is 35.8 Å². The van der Waals surface area contributed by atoms with Crippen molar-refractivity contribution >= 4 is 44.8 Å². The zero-order valence-electron chi connectivity index (χ0n) is 13.6. The molecule has 0 fully saturated rings. The van der Waals surface area contributed by atoms with Gasteiger partial charge in [-0.2, -0.15) is 5.26 Å². The molecule has 0 amide bonds. The van der Waals surface area contributed by atoms with Gasteiger partial charge in [0.05, 0.1) is 16.3 Å². The number of aromatic amines is 1. The molecule has 0 aliphatic rings. The number of rotatable bonds is 6. The van der Waals surface area contributed by atoms with E-state index in [9.17, 15) is 10.4 Å². The quantitative estimate of drug-likeness (QED) is 0.343. The van der Waals surface area contributed by atoms with E-state index < -0.39 is 0 Å². The Kier molecular flexibility index (Phi) is 5.21. The third kappa shape index (κ3) is 3.75. The van der Waals surface area contributed by atoms with Crippen LogP contribution in [0, 0.1) is 11.3 Å². The van der Waals surface area contributed by atoms with Crippen LogP contribution in [0.25, 0.3) is 16.6 Å². The van der Waals surface area contributed by atoms with Crippen LogP contribution in [-0.2, 0) is 0 Å². The number of benzene rings is 1. The molecular weight excluding hydrogens is 356 g/mol. The van der Waals surface area contributed by atoms with Gasteiger partial charge in [0.15, 0.2) is 10.2 Å². The number of thioether (sulfide) groups is 1. The molecule has 2 aromatic heterocycles. The van der Waals surface area contributed by atoms with Crippen molar-refractivity contribution < 1.29 is 5.11 Å². The van der Waals surface area contributed by atoms with E-state index in [4.69, 9.17) is 0 Å². The monoisotopic (exact) mass is 372 g/mol. The number of imidazole rings is 1. The van der Waals surface area contributed by atoms with E-state index in [0.717, 1.165) is 27.0 Å². The van der Waals surface area contributed by atoms with E-state index in [2.05, 4.69) is 25.5 Å². The summed E-state index contributed by atoms with van der Waals surface area (Å²) >= 11 is 2.76. The van der Waals surface area contributed by atoms with E-state index in [1.54, 1.807) is 0 Å². The van der Waals surface area contributed by atoms with Crippen LogP contribution >= 0.6 is 23.1 Å². The van der Waals surface area contributed by atoms with Crippen LogP contribution in [0.5, 0.6) is 0 Å². The maximum Gasteiger partial charge on any atom is 0.206 e. The maximum absolute atomic E-state index is 10.5. The number of allylic oxidation sites excluding steroid dienone is 1. The van der Waals surface area contributed by atoms with Crippen LogP contribution in [0.15, 0.2) is 34.4 Å². The Bertz CT molecular complexity index is 922. The van der Waals surface area contributed by atoms with Gasteiger partial charge in [-0.1, -0.05) is 35.2 Å². The zero-order valence-corrected chi connectivity index (χ0v) is 15.3. The van der Waals surface area contributed by atoms with Crippen molar-refractivity contribution in [2.45, 2.75) is 23.4 Å². The Morgan fingerprint density at radius 1 is 1.44 bits per heavy atom. The fourth-order valence-corrected chi connectivity index (χ4v) is 4.22. The lowest BCUT2D eigenvalue weighted by Crippen LogP contribution is -2.04. The highest BCUT2D eigenvalue weighted by Gasteiger charge is 2.20. The van der Waals surface area contributed by atoms with Gasteiger partial charge in [-0.05, 0) is 26.0 Å². The van der Waals surface area contributed by atoms with E-state index in [1.165, 1.54) is 23.1 Å². The van der Waals surface area contributed by atoms with Gasteiger partial charge in [0.2, 0.25) is 5.13 Å². The summed E-state index contributed by atoms with van der Waals surface area (Å²) in [7, 11) is 0. The summed E-state index contributed by atoms with van der Waals surface area (Å²) in [5.74, 6) is 0.325. The third-order valence-electron chi connectivity index (χ3n) is 3.39. The first-order valence-corrected chi connectivity index (χ1v) is 9.34. The van der Waals surface area contributed by atoms with Crippen molar-refractivity contribution in [2.75, 3.05) is 11.9 Å². The molecule has 7 nitrogen and oxygen atoms in total. The van der Waals surface area contributed by atoms with E-state index in [0.29, 0.717) is 5.82 Å². The van der Waals surface area contributed by atoms with Gasteiger partial charge >= 0.3 is 0 Å². The number of para-hydroxylation sites is 2. The molecule has 0 saturated heterocycles. The molecule has 3 aromatic rings. The molecule has 0 saturated carbocycles. The van der Waals surface area contributed by atoms with Crippen molar-refractivity contribution in [2.24, 2.45) is 0 Å². The highest BCUT2D eigenvalue weighted by atomic mass is 32.2. The number of H-pyrrole nitrogens is 1. The normalized spacial score (nSPS) is 13.3. The number of hydrogen-bond acceptors (Lipinski definition) is 8. The molecular formula is C16H16N6OS2. The first-order valence-electron chi connectivity index (χ1n) is 7.64. The fourth-order valence-electron chi connectivity index (χ4n) is 2.19. The second-order valence-corrected chi connectivity index (χ2v) is 7.70. The number of aromatic nitrogens is 4. The maximum atomic E-state index is 10.5. The van der Waals surface area contributed by atoms with E-state index >= 15 is 0 Å². The molecule has 128 valence electrons. The third-order valence-corrected chi connectivity index (χ3v) is 5.47. The molecule has 0 aliphatic heterocycles. The van der Waals surface area contributed by atoms with Gasteiger partial charge < -0.3 is 15.4 Å². The Balaban J connectivity index is 1.85. The molecule has 3 rings (SSSR count). The smallest absolute Gasteiger partial charge is 0.206 e. The van der Waals surface area contributed by atoms with Crippen LogP contribution < -0.4 is 5.32 Å². The van der Waals surface area contributed by atoms with Crippen molar-refractivity contribution in [3.8, 4) is 6.07 Å².